The van der Waals surface area contributed by atoms with E-state index in [9.17, 15) is 4.79 Å². The summed E-state index contributed by atoms with van der Waals surface area (Å²) < 4.78 is 0.246. The number of hydrogen-bond donors (Lipinski definition) is 1. The number of thioether (sulfide) groups is 1. The molecule has 1 amide bonds. The Bertz CT molecular complexity index is 87.5. The maximum Gasteiger partial charge on any atom is 0.207 e. The second-order valence-corrected chi connectivity index (χ2v) is 4.53. The van der Waals surface area contributed by atoms with Crippen LogP contribution in [0, 0.1) is 0 Å². The van der Waals surface area contributed by atoms with Gasteiger partial charge in [-0.25, -0.2) is 0 Å². The average Bonchev–Trinajstić information content (AvgIpc) is 1.63. The van der Waals surface area contributed by atoms with Crippen molar-refractivity contribution in [2.75, 3.05) is 5.88 Å². The number of nitrogens with one attached hydrogen (secondary N) is 1. The summed E-state index contributed by atoms with van der Waals surface area (Å²) >= 11 is 1.72. The van der Waals surface area contributed by atoms with Gasteiger partial charge in [0.05, 0.1) is 5.88 Å². The molecule has 54 valence electrons. The Kier molecular flexibility index (Phi) is 3.70. The average molecular weight is 147 g/mol. The van der Waals surface area contributed by atoms with E-state index in [2.05, 4.69) is 26.1 Å². The van der Waals surface area contributed by atoms with E-state index >= 15 is 0 Å². The molecule has 0 radical (unpaired) electrons. The van der Waals surface area contributed by atoms with Crippen LogP contribution in [-0.4, -0.2) is 17.0 Å². The normalized spacial score (nSPS) is 11.0. The van der Waals surface area contributed by atoms with Crippen LogP contribution in [0.3, 0.4) is 0 Å². The van der Waals surface area contributed by atoms with Gasteiger partial charge in [0, 0.05) is 4.75 Å². The molecular weight excluding hydrogens is 134 g/mol. The van der Waals surface area contributed by atoms with E-state index in [0.29, 0.717) is 5.88 Å². The molecule has 0 saturated carbocycles. The topological polar surface area (TPSA) is 29.1 Å². The van der Waals surface area contributed by atoms with Crippen molar-refractivity contribution in [2.24, 2.45) is 0 Å². The quantitative estimate of drug-likeness (QED) is 0.369. The van der Waals surface area contributed by atoms with Crippen LogP contribution < -0.4 is 5.32 Å². The Balaban J connectivity index is 3.17. The molecule has 0 atom stereocenters. The molecule has 0 fully saturated rings. The molecule has 0 unspecified atom stereocenters. The second-order valence-electron chi connectivity index (χ2n) is 2.72. The Hall–Kier alpha value is -0.180. The molecule has 0 heterocycles. The second kappa shape index (κ2) is 3.77. The van der Waals surface area contributed by atoms with Crippen LogP contribution in [-0.2, 0) is 4.79 Å². The van der Waals surface area contributed by atoms with Crippen molar-refractivity contribution in [3.63, 3.8) is 0 Å². The van der Waals surface area contributed by atoms with E-state index < -0.39 is 0 Å². The number of carbonyl (C=O) groups is 1. The van der Waals surface area contributed by atoms with E-state index in [4.69, 9.17) is 0 Å². The molecule has 0 rings (SSSR count). The Morgan fingerprint density at radius 3 is 2.44 bits per heavy atom. The molecule has 0 aliphatic carbocycles. The fourth-order valence-electron chi connectivity index (χ4n) is 0.292. The monoisotopic (exact) mass is 147 g/mol. The molecule has 0 saturated heterocycles. The first-order chi connectivity index (χ1) is 4.06. The van der Waals surface area contributed by atoms with Crippen molar-refractivity contribution in [2.45, 2.75) is 25.5 Å². The van der Waals surface area contributed by atoms with Gasteiger partial charge in [-0.15, -0.1) is 11.8 Å². The van der Waals surface area contributed by atoms with Crippen LogP contribution in [0.15, 0.2) is 0 Å². The molecule has 9 heavy (non-hydrogen) atoms. The fourth-order valence-corrected chi connectivity index (χ4v) is 0.877. The van der Waals surface area contributed by atoms with E-state index in [1.54, 1.807) is 11.8 Å². The molecule has 0 aliphatic heterocycles. The van der Waals surface area contributed by atoms with Gasteiger partial charge in [-0.1, -0.05) is 20.8 Å². The summed E-state index contributed by atoms with van der Waals surface area (Å²) in [4.78, 5) is 9.77. The lowest BCUT2D eigenvalue weighted by Crippen LogP contribution is -2.16. The minimum Gasteiger partial charge on any atom is -0.350 e. The van der Waals surface area contributed by atoms with Crippen molar-refractivity contribution in [3.8, 4) is 0 Å². The number of rotatable bonds is 3. The summed E-state index contributed by atoms with van der Waals surface area (Å²) in [6.07, 6.45) is 0.721. The Labute approximate surface area is 60.4 Å². The molecule has 0 bridgehead atoms. The van der Waals surface area contributed by atoms with Crippen LogP contribution in [0.1, 0.15) is 20.8 Å². The molecule has 3 heteroatoms. The zero-order valence-electron chi connectivity index (χ0n) is 6.10. The number of hydrogen-bond acceptors (Lipinski definition) is 2. The lowest BCUT2D eigenvalue weighted by Gasteiger charge is -2.16. The highest BCUT2D eigenvalue weighted by molar-refractivity contribution is 8.00. The highest BCUT2D eigenvalue weighted by Crippen LogP contribution is 2.20. The molecule has 2 nitrogen and oxygen atoms in total. The van der Waals surface area contributed by atoms with E-state index in [0.717, 1.165) is 6.41 Å². The van der Waals surface area contributed by atoms with Gasteiger partial charge >= 0.3 is 0 Å². The van der Waals surface area contributed by atoms with E-state index in [1.165, 1.54) is 0 Å². The van der Waals surface area contributed by atoms with Crippen molar-refractivity contribution in [1.29, 1.82) is 0 Å². The number of carbonyl (C=O) groups excluding carboxylic acids is 1. The first-order valence-corrected chi connectivity index (χ1v) is 3.86. The maximum absolute atomic E-state index is 9.77. The van der Waals surface area contributed by atoms with E-state index in [-0.39, 0.29) is 4.75 Å². The minimum absolute atomic E-state index is 0.246. The van der Waals surface area contributed by atoms with Gasteiger partial charge in [0.1, 0.15) is 0 Å². The summed E-state index contributed by atoms with van der Waals surface area (Å²) in [6, 6.07) is 0. The first-order valence-electron chi connectivity index (χ1n) is 2.87. The molecule has 0 aromatic rings. The van der Waals surface area contributed by atoms with Crippen molar-refractivity contribution >= 4 is 18.2 Å². The van der Waals surface area contributed by atoms with Gasteiger partial charge in [0.25, 0.3) is 0 Å². The standard InChI is InChI=1S/C6H13NOS/c1-6(2,3)9-5-7-4-8/h4H,5H2,1-3H3,(H,7,8). The molecule has 0 aromatic carbocycles. The predicted molar refractivity (Wildman–Crippen MR) is 41.4 cm³/mol. The molecule has 1 N–H and O–H groups in total. The van der Waals surface area contributed by atoms with Gasteiger partial charge in [-0.05, 0) is 0 Å². The fraction of sp³-hybridized carbons (Fsp3) is 0.833. The molecule has 0 aliphatic rings. The smallest absolute Gasteiger partial charge is 0.207 e. The SMILES string of the molecule is CC(C)(C)SCNC=O. The maximum atomic E-state index is 9.77. The third-order valence-corrected chi connectivity index (χ3v) is 1.85. The van der Waals surface area contributed by atoms with Crippen LogP contribution in [0.2, 0.25) is 0 Å². The summed E-state index contributed by atoms with van der Waals surface area (Å²) in [5, 5.41) is 2.59. The summed E-state index contributed by atoms with van der Waals surface area (Å²) in [5.74, 6) is 0.701. The number of amides is 1. The predicted octanol–water partition coefficient (Wildman–Crippen LogP) is 1.22. The summed E-state index contributed by atoms with van der Waals surface area (Å²) in [5.41, 5.74) is 0. The van der Waals surface area contributed by atoms with Crippen molar-refractivity contribution in [1.82, 2.24) is 5.32 Å². The van der Waals surface area contributed by atoms with Crippen LogP contribution in [0.25, 0.3) is 0 Å². The lowest BCUT2D eigenvalue weighted by molar-refractivity contribution is -0.109. The Morgan fingerprint density at radius 2 is 2.11 bits per heavy atom. The highest BCUT2D eigenvalue weighted by atomic mass is 32.2. The van der Waals surface area contributed by atoms with Crippen molar-refractivity contribution in [3.05, 3.63) is 0 Å². The van der Waals surface area contributed by atoms with Crippen LogP contribution in [0.4, 0.5) is 0 Å². The minimum atomic E-state index is 0.246. The first kappa shape index (κ1) is 8.82. The van der Waals surface area contributed by atoms with Crippen LogP contribution in [0.5, 0.6) is 0 Å². The van der Waals surface area contributed by atoms with Gasteiger partial charge in [-0.2, -0.15) is 0 Å². The van der Waals surface area contributed by atoms with Crippen molar-refractivity contribution < 1.29 is 4.79 Å². The summed E-state index contributed by atoms with van der Waals surface area (Å²) in [6.45, 7) is 6.35. The zero-order chi connectivity index (χ0) is 7.33. The zero-order valence-corrected chi connectivity index (χ0v) is 6.92. The van der Waals surface area contributed by atoms with Gasteiger partial charge in [0.2, 0.25) is 6.41 Å². The third-order valence-electron chi connectivity index (χ3n) is 0.672. The summed E-state index contributed by atoms with van der Waals surface area (Å²) in [7, 11) is 0. The van der Waals surface area contributed by atoms with E-state index in [1.807, 2.05) is 0 Å². The van der Waals surface area contributed by atoms with Gasteiger partial charge in [-0.3, -0.25) is 4.79 Å². The van der Waals surface area contributed by atoms with Gasteiger partial charge < -0.3 is 5.32 Å². The largest absolute Gasteiger partial charge is 0.350 e. The molecular formula is C6H13NOS. The van der Waals surface area contributed by atoms with Crippen LogP contribution >= 0.6 is 11.8 Å². The van der Waals surface area contributed by atoms with Gasteiger partial charge in [0.15, 0.2) is 0 Å². The lowest BCUT2D eigenvalue weighted by atomic mass is 10.3. The highest BCUT2D eigenvalue weighted by Gasteiger charge is 2.08. The molecule has 0 aromatic heterocycles. The Morgan fingerprint density at radius 1 is 1.56 bits per heavy atom. The third kappa shape index (κ3) is 7.82. The molecule has 0 spiro atoms.